The summed E-state index contributed by atoms with van der Waals surface area (Å²) in [7, 11) is 0. The molecule has 104 valence electrons. The summed E-state index contributed by atoms with van der Waals surface area (Å²) in [5.74, 6) is -0.195. The number of hydrogen-bond acceptors (Lipinski definition) is 3. The van der Waals surface area contributed by atoms with Gasteiger partial charge in [0.25, 0.3) is 0 Å². The van der Waals surface area contributed by atoms with Crippen molar-refractivity contribution < 1.29 is 4.79 Å². The quantitative estimate of drug-likeness (QED) is 0.862. The fourth-order valence-electron chi connectivity index (χ4n) is 2.71. The first-order valence-corrected chi connectivity index (χ1v) is 7.00. The molecule has 1 aliphatic rings. The average Bonchev–Trinajstić information content (AvgIpc) is 2.42. The van der Waals surface area contributed by atoms with Crippen LogP contribution in [-0.2, 0) is 11.3 Å². The van der Waals surface area contributed by atoms with Crippen molar-refractivity contribution in [2.24, 2.45) is 5.73 Å². The second kappa shape index (κ2) is 6.68. The molecule has 0 aliphatic carbocycles. The predicted octanol–water partition coefficient (Wildman–Crippen LogP) is 1.07. The topological polar surface area (TPSA) is 49.6 Å². The first kappa shape index (κ1) is 14.0. The molecule has 0 radical (unpaired) electrons. The molecule has 1 saturated heterocycles. The Morgan fingerprint density at radius 2 is 1.84 bits per heavy atom. The van der Waals surface area contributed by atoms with Crippen LogP contribution in [0, 0.1) is 0 Å². The van der Waals surface area contributed by atoms with Gasteiger partial charge in [-0.25, -0.2) is 0 Å². The van der Waals surface area contributed by atoms with Gasteiger partial charge in [-0.1, -0.05) is 37.3 Å². The third-order valence-corrected chi connectivity index (χ3v) is 3.81. The monoisotopic (exact) mass is 261 g/mol. The summed E-state index contributed by atoms with van der Waals surface area (Å²) in [5.41, 5.74) is 6.79. The molecular formula is C15H23N3O. The van der Waals surface area contributed by atoms with Crippen molar-refractivity contribution >= 4 is 5.91 Å². The van der Waals surface area contributed by atoms with E-state index in [1.807, 2.05) is 13.0 Å². The number of benzene rings is 1. The van der Waals surface area contributed by atoms with Gasteiger partial charge >= 0.3 is 0 Å². The number of piperazine rings is 1. The molecule has 1 aromatic rings. The molecule has 2 N–H and O–H groups in total. The Morgan fingerprint density at radius 3 is 2.37 bits per heavy atom. The van der Waals surface area contributed by atoms with Crippen LogP contribution in [0.25, 0.3) is 0 Å². The minimum atomic E-state index is -0.195. The summed E-state index contributed by atoms with van der Waals surface area (Å²) in [6.07, 6.45) is 0.800. The number of primary amides is 1. The summed E-state index contributed by atoms with van der Waals surface area (Å²) < 4.78 is 0. The number of amides is 1. The van der Waals surface area contributed by atoms with Crippen LogP contribution < -0.4 is 5.73 Å². The molecule has 1 atom stereocenters. The molecular weight excluding hydrogens is 238 g/mol. The maximum Gasteiger partial charge on any atom is 0.234 e. The number of hydrogen-bond donors (Lipinski definition) is 1. The normalized spacial score (nSPS) is 19.2. The lowest BCUT2D eigenvalue weighted by molar-refractivity contribution is -0.124. The summed E-state index contributed by atoms with van der Waals surface area (Å²) in [4.78, 5) is 16.0. The largest absolute Gasteiger partial charge is 0.368 e. The lowest BCUT2D eigenvalue weighted by Gasteiger charge is -2.37. The van der Waals surface area contributed by atoms with Gasteiger partial charge in [-0.15, -0.1) is 0 Å². The summed E-state index contributed by atoms with van der Waals surface area (Å²) in [6, 6.07) is 10.4. The number of carbonyl (C=O) groups is 1. The van der Waals surface area contributed by atoms with E-state index in [1.54, 1.807) is 0 Å². The standard InChI is InChI=1S/C15H23N3O/c1-2-14(15(16)19)18-10-8-17(9-11-18)12-13-6-4-3-5-7-13/h3-7,14H,2,8-12H2,1H3,(H2,16,19)/t14-/m1/s1. The minimum absolute atomic E-state index is 0.0983. The highest BCUT2D eigenvalue weighted by Gasteiger charge is 2.25. The van der Waals surface area contributed by atoms with Gasteiger partial charge in [0.2, 0.25) is 5.91 Å². The highest BCUT2D eigenvalue weighted by atomic mass is 16.1. The van der Waals surface area contributed by atoms with Gasteiger partial charge < -0.3 is 5.73 Å². The Hall–Kier alpha value is -1.39. The SMILES string of the molecule is CC[C@H](C(N)=O)N1CCN(Cc2ccccc2)CC1. The van der Waals surface area contributed by atoms with Gasteiger partial charge in [0, 0.05) is 32.7 Å². The molecule has 1 aromatic carbocycles. The Morgan fingerprint density at radius 1 is 1.21 bits per heavy atom. The van der Waals surface area contributed by atoms with E-state index in [4.69, 9.17) is 5.73 Å². The van der Waals surface area contributed by atoms with Crippen molar-refractivity contribution in [1.29, 1.82) is 0 Å². The van der Waals surface area contributed by atoms with Gasteiger partial charge in [0.15, 0.2) is 0 Å². The fourth-order valence-corrected chi connectivity index (χ4v) is 2.71. The highest BCUT2D eigenvalue weighted by molar-refractivity contribution is 5.79. The van der Waals surface area contributed by atoms with Crippen LogP contribution in [0.15, 0.2) is 30.3 Å². The fraction of sp³-hybridized carbons (Fsp3) is 0.533. The van der Waals surface area contributed by atoms with Crippen molar-refractivity contribution in [3.63, 3.8) is 0 Å². The smallest absolute Gasteiger partial charge is 0.234 e. The Bertz CT molecular complexity index is 399. The van der Waals surface area contributed by atoms with E-state index >= 15 is 0 Å². The van der Waals surface area contributed by atoms with E-state index in [-0.39, 0.29) is 11.9 Å². The van der Waals surface area contributed by atoms with Crippen LogP contribution in [0.3, 0.4) is 0 Å². The molecule has 1 heterocycles. The predicted molar refractivity (Wildman–Crippen MR) is 76.6 cm³/mol. The molecule has 0 aromatic heterocycles. The molecule has 0 bridgehead atoms. The lowest BCUT2D eigenvalue weighted by atomic mass is 10.1. The summed E-state index contributed by atoms with van der Waals surface area (Å²) in [5, 5.41) is 0. The van der Waals surface area contributed by atoms with Crippen molar-refractivity contribution in [3.05, 3.63) is 35.9 Å². The first-order chi connectivity index (χ1) is 9.20. The third-order valence-electron chi connectivity index (χ3n) is 3.81. The molecule has 1 amide bonds. The number of nitrogens with zero attached hydrogens (tertiary/aromatic N) is 2. The molecule has 0 saturated carbocycles. The number of nitrogens with two attached hydrogens (primary N) is 1. The first-order valence-electron chi connectivity index (χ1n) is 7.00. The molecule has 4 heteroatoms. The van der Waals surface area contributed by atoms with Gasteiger partial charge in [0.1, 0.15) is 0 Å². The summed E-state index contributed by atoms with van der Waals surface area (Å²) in [6.45, 7) is 6.85. The second-order valence-corrected chi connectivity index (χ2v) is 5.12. The van der Waals surface area contributed by atoms with Crippen LogP contribution in [0.2, 0.25) is 0 Å². The number of rotatable bonds is 5. The van der Waals surface area contributed by atoms with E-state index in [9.17, 15) is 4.79 Å². The second-order valence-electron chi connectivity index (χ2n) is 5.12. The van der Waals surface area contributed by atoms with E-state index < -0.39 is 0 Å². The van der Waals surface area contributed by atoms with Crippen LogP contribution in [0.1, 0.15) is 18.9 Å². The average molecular weight is 261 g/mol. The zero-order valence-corrected chi connectivity index (χ0v) is 11.6. The molecule has 1 aliphatic heterocycles. The molecule has 0 spiro atoms. The van der Waals surface area contributed by atoms with Gasteiger partial charge in [0.05, 0.1) is 6.04 Å². The number of carbonyl (C=O) groups excluding carboxylic acids is 1. The van der Waals surface area contributed by atoms with Crippen molar-refractivity contribution in [1.82, 2.24) is 9.80 Å². The zero-order chi connectivity index (χ0) is 13.7. The lowest BCUT2D eigenvalue weighted by Crippen LogP contribution is -2.53. The van der Waals surface area contributed by atoms with E-state index in [2.05, 4.69) is 34.1 Å². The van der Waals surface area contributed by atoms with Gasteiger partial charge in [-0.3, -0.25) is 14.6 Å². The highest BCUT2D eigenvalue weighted by Crippen LogP contribution is 2.12. The molecule has 19 heavy (non-hydrogen) atoms. The molecule has 1 fully saturated rings. The Labute approximate surface area is 115 Å². The zero-order valence-electron chi connectivity index (χ0n) is 11.6. The van der Waals surface area contributed by atoms with Crippen molar-refractivity contribution in [3.8, 4) is 0 Å². The van der Waals surface area contributed by atoms with Gasteiger partial charge in [-0.2, -0.15) is 0 Å². The van der Waals surface area contributed by atoms with Crippen LogP contribution in [0.5, 0.6) is 0 Å². The van der Waals surface area contributed by atoms with Crippen LogP contribution >= 0.6 is 0 Å². The van der Waals surface area contributed by atoms with Gasteiger partial charge in [-0.05, 0) is 12.0 Å². The van der Waals surface area contributed by atoms with Crippen molar-refractivity contribution in [2.75, 3.05) is 26.2 Å². The van der Waals surface area contributed by atoms with E-state index in [1.165, 1.54) is 5.56 Å². The Balaban J connectivity index is 1.84. The maximum absolute atomic E-state index is 11.4. The molecule has 4 nitrogen and oxygen atoms in total. The summed E-state index contributed by atoms with van der Waals surface area (Å²) >= 11 is 0. The minimum Gasteiger partial charge on any atom is -0.368 e. The van der Waals surface area contributed by atoms with E-state index in [0.29, 0.717) is 0 Å². The molecule has 2 rings (SSSR count). The van der Waals surface area contributed by atoms with Crippen molar-refractivity contribution in [2.45, 2.75) is 25.9 Å². The third kappa shape index (κ3) is 3.78. The Kier molecular flexibility index (Phi) is 4.93. The van der Waals surface area contributed by atoms with Crippen LogP contribution in [-0.4, -0.2) is 47.9 Å². The van der Waals surface area contributed by atoms with Crippen LogP contribution in [0.4, 0.5) is 0 Å². The molecule has 0 unspecified atom stereocenters. The maximum atomic E-state index is 11.4. The van der Waals surface area contributed by atoms with E-state index in [0.717, 1.165) is 39.1 Å².